The molecule has 0 spiro atoms. The number of benzene rings is 1. The van der Waals surface area contributed by atoms with Gasteiger partial charge in [-0.25, -0.2) is 0 Å². The maximum absolute atomic E-state index is 13.4. The molecule has 34 heavy (non-hydrogen) atoms. The van der Waals surface area contributed by atoms with Gasteiger partial charge in [0.25, 0.3) is 5.56 Å². The Morgan fingerprint density at radius 1 is 1.18 bits per heavy atom. The lowest BCUT2D eigenvalue weighted by atomic mass is 9.83. The van der Waals surface area contributed by atoms with Crippen molar-refractivity contribution in [2.45, 2.75) is 50.9 Å². The van der Waals surface area contributed by atoms with Crippen LogP contribution in [0.15, 0.2) is 33.7 Å². The highest BCUT2D eigenvalue weighted by atomic mass is 79.9. The zero-order valence-electron chi connectivity index (χ0n) is 18.4. The molecule has 9 nitrogen and oxygen atoms in total. The second-order valence-corrected chi connectivity index (χ2v) is 9.93. The lowest BCUT2D eigenvalue weighted by Crippen LogP contribution is -2.41. The van der Waals surface area contributed by atoms with Crippen LogP contribution in [-0.2, 0) is 26.2 Å². The van der Waals surface area contributed by atoms with Gasteiger partial charge in [0, 0.05) is 22.3 Å². The first kappa shape index (κ1) is 23.1. The molecule has 1 amide bonds. The number of carbonyl (C=O) groups is 1. The first-order chi connectivity index (χ1) is 15.9. The lowest BCUT2D eigenvalue weighted by molar-refractivity contribution is -0.286. The Kier molecular flexibility index (Phi) is 5.19. The average Bonchev–Trinajstić information content (AvgIpc) is 3.35. The van der Waals surface area contributed by atoms with Crippen molar-refractivity contribution in [3.8, 4) is 17.2 Å². The number of aromatic nitrogens is 1. The maximum Gasteiger partial charge on any atom is 0.586 e. The minimum absolute atomic E-state index is 0.0412. The Morgan fingerprint density at radius 3 is 2.56 bits per heavy atom. The Hall–Kier alpha value is -2.70. The predicted octanol–water partition coefficient (Wildman–Crippen LogP) is 3.37. The molecular weight excluding hydrogens is 522 g/mol. The quantitative estimate of drug-likeness (QED) is 0.632. The highest BCUT2D eigenvalue weighted by Crippen LogP contribution is 2.50. The van der Waals surface area contributed by atoms with Crippen molar-refractivity contribution < 1.29 is 37.3 Å². The Morgan fingerprint density at radius 2 is 1.88 bits per heavy atom. The van der Waals surface area contributed by atoms with Crippen molar-refractivity contribution in [1.82, 2.24) is 4.57 Å². The van der Waals surface area contributed by atoms with Crippen LogP contribution in [0.25, 0.3) is 0 Å². The molecule has 182 valence electrons. The number of pyridine rings is 1. The SMILES string of the molecule is CC1(C)OC[C@@H](Cn2cc(Br)cc(NC(=O)C3(C)COc4cc5c(cc43)OC(F)(F)O5)c2=O)O1. The third-order valence-electron chi connectivity index (χ3n) is 5.88. The fraction of sp³-hybridized carbons (Fsp3) is 0.455. The highest BCUT2D eigenvalue weighted by Gasteiger charge is 2.49. The summed E-state index contributed by atoms with van der Waals surface area (Å²) in [6, 6.07) is 4.06. The van der Waals surface area contributed by atoms with Crippen molar-refractivity contribution in [2.75, 3.05) is 18.5 Å². The topological polar surface area (TPSA) is 97.3 Å². The summed E-state index contributed by atoms with van der Waals surface area (Å²) in [4.78, 5) is 26.4. The van der Waals surface area contributed by atoms with E-state index in [-0.39, 0.29) is 42.2 Å². The number of alkyl halides is 2. The number of halogens is 3. The molecule has 2 atom stereocenters. The van der Waals surface area contributed by atoms with E-state index in [0.29, 0.717) is 16.6 Å². The van der Waals surface area contributed by atoms with E-state index in [9.17, 15) is 18.4 Å². The standard InChI is InChI=1S/C22H21BrF2N2O7/c1-20(2)31-9-12(32-20)8-27-7-11(23)4-14(18(27)28)26-19(29)21(3)10-30-15-6-17-16(5-13(15)21)33-22(24,25)34-17/h4-7,12H,8-10H2,1-3H3,(H,26,29)/t12-,21?/m1/s1. The molecule has 5 rings (SSSR count). The Bertz CT molecular complexity index is 1250. The molecule has 0 bridgehead atoms. The van der Waals surface area contributed by atoms with Gasteiger partial charge in [0.1, 0.15) is 29.6 Å². The number of amides is 1. The number of anilines is 1. The van der Waals surface area contributed by atoms with E-state index in [1.54, 1.807) is 27.0 Å². The van der Waals surface area contributed by atoms with Crippen molar-refractivity contribution in [2.24, 2.45) is 0 Å². The van der Waals surface area contributed by atoms with Gasteiger partial charge in [-0.1, -0.05) is 0 Å². The molecule has 1 aromatic carbocycles. The van der Waals surface area contributed by atoms with Gasteiger partial charge in [-0.15, -0.1) is 8.78 Å². The molecule has 1 unspecified atom stereocenters. The Balaban J connectivity index is 1.40. The molecule has 0 saturated carbocycles. The minimum Gasteiger partial charge on any atom is -0.492 e. The van der Waals surface area contributed by atoms with E-state index in [1.807, 2.05) is 0 Å². The third-order valence-corrected chi connectivity index (χ3v) is 6.32. The Labute approximate surface area is 201 Å². The van der Waals surface area contributed by atoms with Gasteiger partial charge in [0.2, 0.25) is 5.91 Å². The normalized spacial score (nSPS) is 25.6. The smallest absolute Gasteiger partial charge is 0.492 e. The van der Waals surface area contributed by atoms with Gasteiger partial charge >= 0.3 is 6.29 Å². The van der Waals surface area contributed by atoms with Gasteiger partial charge < -0.3 is 33.6 Å². The van der Waals surface area contributed by atoms with Crippen molar-refractivity contribution >= 4 is 27.5 Å². The number of ether oxygens (including phenoxy) is 5. The second kappa shape index (κ2) is 7.65. The zero-order chi connectivity index (χ0) is 24.5. The van der Waals surface area contributed by atoms with Gasteiger partial charge in [-0.3, -0.25) is 9.59 Å². The minimum atomic E-state index is -3.79. The third kappa shape index (κ3) is 4.03. The highest BCUT2D eigenvalue weighted by molar-refractivity contribution is 9.10. The van der Waals surface area contributed by atoms with Gasteiger partial charge in [0.15, 0.2) is 17.3 Å². The summed E-state index contributed by atoms with van der Waals surface area (Å²) in [5.74, 6) is -1.42. The first-order valence-corrected chi connectivity index (χ1v) is 11.2. The van der Waals surface area contributed by atoms with Crippen LogP contribution < -0.4 is 25.1 Å². The molecule has 1 fully saturated rings. The molecular formula is C22H21BrF2N2O7. The molecule has 2 aromatic rings. The molecule has 0 aliphatic carbocycles. The summed E-state index contributed by atoms with van der Waals surface area (Å²) >= 11 is 3.37. The summed E-state index contributed by atoms with van der Waals surface area (Å²) in [5, 5.41) is 2.67. The van der Waals surface area contributed by atoms with Crippen LogP contribution in [-0.4, -0.2) is 41.9 Å². The van der Waals surface area contributed by atoms with E-state index < -0.39 is 29.0 Å². The summed E-state index contributed by atoms with van der Waals surface area (Å²) in [6.07, 6.45) is -2.52. The number of nitrogens with zero attached hydrogens (tertiary/aromatic N) is 1. The number of hydrogen-bond acceptors (Lipinski definition) is 7. The maximum atomic E-state index is 13.4. The number of fused-ring (bicyclic) bond motifs is 2. The fourth-order valence-corrected chi connectivity index (χ4v) is 4.65. The molecule has 3 aliphatic rings. The van der Waals surface area contributed by atoms with E-state index in [1.165, 1.54) is 22.8 Å². The van der Waals surface area contributed by atoms with E-state index >= 15 is 0 Å². The van der Waals surface area contributed by atoms with Crippen LogP contribution in [0.3, 0.4) is 0 Å². The van der Waals surface area contributed by atoms with E-state index in [0.717, 1.165) is 0 Å². The van der Waals surface area contributed by atoms with Gasteiger partial charge in [-0.05, 0) is 48.8 Å². The molecule has 3 aliphatic heterocycles. The van der Waals surface area contributed by atoms with Crippen molar-refractivity contribution in [3.63, 3.8) is 0 Å². The van der Waals surface area contributed by atoms with Crippen LogP contribution in [0.2, 0.25) is 0 Å². The van der Waals surface area contributed by atoms with Crippen molar-refractivity contribution in [3.05, 3.63) is 44.8 Å². The number of hydrogen-bond donors (Lipinski definition) is 1. The zero-order valence-corrected chi connectivity index (χ0v) is 20.0. The van der Waals surface area contributed by atoms with Crippen LogP contribution >= 0.6 is 15.9 Å². The summed E-state index contributed by atoms with van der Waals surface area (Å²) in [5.41, 5.74) is -1.31. The molecule has 1 aromatic heterocycles. The molecule has 4 heterocycles. The summed E-state index contributed by atoms with van der Waals surface area (Å²) in [6.45, 7) is 5.67. The fourth-order valence-electron chi connectivity index (χ4n) is 4.17. The molecule has 0 radical (unpaired) electrons. The summed E-state index contributed by atoms with van der Waals surface area (Å²) in [7, 11) is 0. The second-order valence-electron chi connectivity index (χ2n) is 9.02. The van der Waals surface area contributed by atoms with Crippen LogP contribution in [0.1, 0.15) is 26.3 Å². The van der Waals surface area contributed by atoms with Gasteiger partial charge in [0.05, 0.1) is 13.2 Å². The van der Waals surface area contributed by atoms with Crippen LogP contribution in [0.5, 0.6) is 17.2 Å². The first-order valence-electron chi connectivity index (χ1n) is 10.5. The van der Waals surface area contributed by atoms with Crippen LogP contribution in [0, 0.1) is 0 Å². The molecule has 12 heteroatoms. The van der Waals surface area contributed by atoms with Gasteiger partial charge in [-0.2, -0.15) is 0 Å². The average molecular weight is 543 g/mol. The van der Waals surface area contributed by atoms with Crippen LogP contribution in [0.4, 0.5) is 14.5 Å². The van der Waals surface area contributed by atoms with E-state index in [4.69, 9.17) is 14.2 Å². The number of rotatable bonds is 4. The largest absolute Gasteiger partial charge is 0.586 e. The molecule has 1 N–H and O–H groups in total. The van der Waals surface area contributed by atoms with Crippen molar-refractivity contribution in [1.29, 1.82) is 0 Å². The predicted molar refractivity (Wildman–Crippen MR) is 117 cm³/mol. The number of nitrogens with one attached hydrogen (secondary N) is 1. The number of carbonyl (C=O) groups excluding carboxylic acids is 1. The monoisotopic (exact) mass is 542 g/mol. The summed E-state index contributed by atoms with van der Waals surface area (Å²) < 4.78 is 54.8. The van der Waals surface area contributed by atoms with E-state index in [2.05, 4.69) is 30.7 Å². The molecule has 1 saturated heterocycles. The lowest BCUT2D eigenvalue weighted by Gasteiger charge is -2.22.